The third-order valence-corrected chi connectivity index (χ3v) is 4.13. The average Bonchev–Trinajstić information content (AvgIpc) is 2.95. The minimum atomic E-state index is -0.436. The maximum absolute atomic E-state index is 11.7. The minimum absolute atomic E-state index is 0.146. The number of carbonyl (C=O) groups excluding carboxylic acids is 1. The molecule has 0 aliphatic rings. The molecule has 0 aliphatic heterocycles. The van der Waals surface area contributed by atoms with Crippen molar-refractivity contribution < 1.29 is 14.3 Å². The Bertz CT molecular complexity index is 752. The van der Waals surface area contributed by atoms with E-state index in [-0.39, 0.29) is 13.2 Å². The number of para-hydroxylation sites is 1. The topological polar surface area (TPSA) is 48.4 Å². The van der Waals surface area contributed by atoms with E-state index in [0.717, 1.165) is 15.2 Å². The van der Waals surface area contributed by atoms with Crippen LogP contribution in [0.2, 0.25) is 5.02 Å². The number of rotatable bonds is 5. The van der Waals surface area contributed by atoms with Gasteiger partial charge in [-0.25, -0.2) is 9.78 Å². The highest BCUT2D eigenvalue weighted by molar-refractivity contribution is 7.18. The van der Waals surface area contributed by atoms with Crippen LogP contribution in [0.1, 0.15) is 5.01 Å². The average molecular weight is 334 g/mol. The molecule has 0 atom stereocenters. The normalized spacial score (nSPS) is 10.6. The molecule has 6 heteroatoms. The molecule has 0 spiro atoms. The standard InChI is InChI=1S/C16H12ClNO3S/c17-11-5-7-12(8-6-11)20-10-16(19)21-9-15-18-13-3-1-2-4-14(13)22-15/h1-8H,9-10H2. The van der Waals surface area contributed by atoms with Gasteiger partial charge in [0, 0.05) is 5.02 Å². The molecule has 112 valence electrons. The number of carbonyl (C=O) groups is 1. The summed E-state index contributed by atoms with van der Waals surface area (Å²) >= 11 is 7.28. The molecule has 0 amide bonds. The highest BCUT2D eigenvalue weighted by atomic mass is 35.5. The van der Waals surface area contributed by atoms with Crippen molar-refractivity contribution in [1.82, 2.24) is 4.98 Å². The SMILES string of the molecule is O=C(COc1ccc(Cl)cc1)OCc1nc2ccccc2s1. The number of aromatic nitrogens is 1. The van der Waals surface area contributed by atoms with Gasteiger partial charge in [-0.1, -0.05) is 23.7 Å². The van der Waals surface area contributed by atoms with Crippen molar-refractivity contribution in [2.45, 2.75) is 6.61 Å². The van der Waals surface area contributed by atoms with Crippen LogP contribution in [0.3, 0.4) is 0 Å². The summed E-state index contributed by atoms with van der Waals surface area (Å²) in [5.74, 6) is 0.135. The molecule has 0 unspecified atom stereocenters. The Morgan fingerprint density at radius 2 is 1.91 bits per heavy atom. The Morgan fingerprint density at radius 3 is 2.68 bits per heavy atom. The third kappa shape index (κ3) is 3.75. The van der Waals surface area contributed by atoms with Crippen LogP contribution in [-0.2, 0) is 16.1 Å². The smallest absolute Gasteiger partial charge is 0.344 e. The summed E-state index contributed by atoms with van der Waals surface area (Å²) in [7, 11) is 0. The maximum Gasteiger partial charge on any atom is 0.344 e. The number of thiazole rings is 1. The number of ether oxygens (including phenoxy) is 2. The largest absolute Gasteiger partial charge is 0.482 e. The summed E-state index contributed by atoms with van der Waals surface area (Å²) in [6.07, 6.45) is 0. The number of hydrogen-bond donors (Lipinski definition) is 0. The fourth-order valence-corrected chi connectivity index (χ4v) is 2.85. The lowest BCUT2D eigenvalue weighted by atomic mass is 10.3. The summed E-state index contributed by atoms with van der Waals surface area (Å²) in [6, 6.07) is 14.6. The number of benzene rings is 2. The Hall–Kier alpha value is -2.11. The molecule has 0 saturated heterocycles. The van der Waals surface area contributed by atoms with E-state index in [9.17, 15) is 4.79 Å². The van der Waals surface area contributed by atoms with Gasteiger partial charge in [0.15, 0.2) is 6.61 Å². The van der Waals surface area contributed by atoms with E-state index in [0.29, 0.717) is 10.8 Å². The van der Waals surface area contributed by atoms with Crippen molar-refractivity contribution >= 4 is 39.1 Å². The third-order valence-electron chi connectivity index (χ3n) is 2.87. The molecule has 0 fully saturated rings. The fourth-order valence-electron chi connectivity index (χ4n) is 1.84. The highest BCUT2D eigenvalue weighted by Gasteiger charge is 2.08. The van der Waals surface area contributed by atoms with Crippen molar-refractivity contribution in [3.05, 3.63) is 58.6 Å². The van der Waals surface area contributed by atoms with Crippen LogP contribution in [-0.4, -0.2) is 17.6 Å². The molecule has 4 nitrogen and oxygen atoms in total. The summed E-state index contributed by atoms with van der Waals surface area (Å²) < 4.78 is 11.6. The van der Waals surface area contributed by atoms with Crippen LogP contribution >= 0.6 is 22.9 Å². The lowest BCUT2D eigenvalue weighted by Gasteiger charge is -2.05. The van der Waals surface area contributed by atoms with Crippen LogP contribution in [0.5, 0.6) is 5.75 Å². The fraction of sp³-hybridized carbons (Fsp3) is 0.125. The molecule has 22 heavy (non-hydrogen) atoms. The van der Waals surface area contributed by atoms with Crippen molar-refractivity contribution in [3.8, 4) is 5.75 Å². The van der Waals surface area contributed by atoms with Gasteiger partial charge in [-0.3, -0.25) is 0 Å². The van der Waals surface area contributed by atoms with Gasteiger partial charge in [0.2, 0.25) is 0 Å². The second-order valence-corrected chi connectivity index (χ2v) is 6.03. The van der Waals surface area contributed by atoms with Gasteiger partial charge in [-0.05, 0) is 36.4 Å². The number of esters is 1. The summed E-state index contributed by atoms with van der Waals surface area (Å²) in [6.45, 7) is 0.00862. The molecule has 3 aromatic rings. The molecule has 0 saturated carbocycles. The van der Waals surface area contributed by atoms with Crippen molar-refractivity contribution in [3.63, 3.8) is 0 Å². The second kappa shape index (κ2) is 6.77. The van der Waals surface area contributed by atoms with Crippen LogP contribution in [0.25, 0.3) is 10.2 Å². The Kier molecular flexibility index (Phi) is 4.56. The number of halogens is 1. The van der Waals surface area contributed by atoms with Crippen LogP contribution in [0, 0.1) is 0 Å². The van der Waals surface area contributed by atoms with Gasteiger partial charge >= 0.3 is 5.97 Å². The first-order valence-corrected chi connectivity index (χ1v) is 7.78. The van der Waals surface area contributed by atoms with Crippen molar-refractivity contribution in [2.75, 3.05) is 6.61 Å². The zero-order valence-electron chi connectivity index (χ0n) is 11.5. The maximum atomic E-state index is 11.7. The lowest BCUT2D eigenvalue weighted by molar-refractivity contribution is -0.147. The quantitative estimate of drug-likeness (QED) is 0.660. The molecule has 3 rings (SSSR count). The van der Waals surface area contributed by atoms with Crippen LogP contribution < -0.4 is 4.74 Å². The predicted octanol–water partition coefficient (Wildman–Crippen LogP) is 4.07. The molecule has 0 aliphatic carbocycles. The second-order valence-electron chi connectivity index (χ2n) is 4.48. The van der Waals surface area contributed by atoms with Gasteiger partial charge in [0.05, 0.1) is 10.2 Å². The van der Waals surface area contributed by atoms with E-state index < -0.39 is 5.97 Å². The van der Waals surface area contributed by atoms with Crippen molar-refractivity contribution in [2.24, 2.45) is 0 Å². The molecule has 1 heterocycles. The Labute approximate surface area is 136 Å². The predicted molar refractivity (Wildman–Crippen MR) is 86.4 cm³/mol. The zero-order valence-corrected chi connectivity index (χ0v) is 13.1. The molecule has 0 N–H and O–H groups in total. The summed E-state index contributed by atoms with van der Waals surface area (Å²) in [5, 5.41) is 1.38. The highest BCUT2D eigenvalue weighted by Crippen LogP contribution is 2.22. The Balaban J connectivity index is 1.50. The van der Waals surface area contributed by atoms with Gasteiger partial charge in [-0.2, -0.15) is 0 Å². The van der Waals surface area contributed by atoms with Crippen LogP contribution in [0.4, 0.5) is 0 Å². The summed E-state index contributed by atoms with van der Waals surface area (Å²) in [4.78, 5) is 16.1. The van der Waals surface area contributed by atoms with E-state index >= 15 is 0 Å². The monoisotopic (exact) mass is 333 g/mol. The first kappa shape index (κ1) is 14.8. The molecule has 0 radical (unpaired) electrons. The molecule has 0 bridgehead atoms. The Morgan fingerprint density at radius 1 is 1.14 bits per heavy atom. The van der Waals surface area contributed by atoms with Gasteiger partial charge < -0.3 is 9.47 Å². The molecule has 1 aromatic heterocycles. The number of hydrogen-bond acceptors (Lipinski definition) is 5. The number of fused-ring (bicyclic) bond motifs is 1. The molecular formula is C16H12ClNO3S. The van der Waals surface area contributed by atoms with E-state index in [2.05, 4.69) is 4.98 Å². The summed E-state index contributed by atoms with van der Waals surface area (Å²) in [5.41, 5.74) is 0.913. The lowest BCUT2D eigenvalue weighted by Crippen LogP contribution is -2.14. The minimum Gasteiger partial charge on any atom is -0.482 e. The van der Waals surface area contributed by atoms with E-state index in [1.165, 1.54) is 11.3 Å². The van der Waals surface area contributed by atoms with E-state index in [1.807, 2.05) is 24.3 Å². The number of nitrogens with zero attached hydrogens (tertiary/aromatic N) is 1. The zero-order chi connectivity index (χ0) is 15.4. The first-order valence-electron chi connectivity index (χ1n) is 6.59. The van der Waals surface area contributed by atoms with E-state index in [4.69, 9.17) is 21.1 Å². The van der Waals surface area contributed by atoms with Gasteiger partial charge in [-0.15, -0.1) is 11.3 Å². The van der Waals surface area contributed by atoms with E-state index in [1.54, 1.807) is 24.3 Å². The van der Waals surface area contributed by atoms with Gasteiger partial charge in [0.25, 0.3) is 0 Å². The first-order chi connectivity index (χ1) is 10.7. The molecule has 2 aromatic carbocycles. The van der Waals surface area contributed by atoms with Crippen LogP contribution in [0.15, 0.2) is 48.5 Å². The van der Waals surface area contributed by atoms with Crippen molar-refractivity contribution in [1.29, 1.82) is 0 Å². The molecular weight excluding hydrogens is 322 g/mol. The van der Waals surface area contributed by atoms with Gasteiger partial charge in [0.1, 0.15) is 17.4 Å².